The van der Waals surface area contributed by atoms with E-state index < -0.39 is 58.2 Å². The van der Waals surface area contributed by atoms with Crippen molar-refractivity contribution in [3.63, 3.8) is 0 Å². The summed E-state index contributed by atoms with van der Waals surface area (Å²) in [7, 11) is -5.04. The number of nitrogens with two attached hydrogens (primary N) is 1. The van der Waals surface area contributed by atoms with E-state index in [1.54, 1.807) is 24.3 Å². The largest absolute Gasteiger partial charge is 0.489 e. The zero-order valence-corrected chi connectivity index (χ0v) is 26.0. The van der Waals surface area contributed by atoms with Crippen LogP contribution in [0, 0.1) is 5.41 Å². The second kappa shape index (κ2) is 13.5. The highest BCUT2D eigenvalue weighted by molar-refractivity contribution is 7.80. The Hall–Kier alpha value is -4.08. The topological polar surface area (TPSA) is 268 Å². The van der Waals surface area contributed by atoms with Crippen molar-refractivity contribution >= 4 is 67.8 Å². The van der Waals surface area contributed by atoms with Gasteiger partial charge < -0.3 is 36.4 Å². The number of thiazole rings is 1. The van der Waals surface area contributed by atoms with Crippen molar-refractivity contribution in [2.24, 2.45) is 5.16 Å². The molecule has 2 aliphatic heterocycles. The van der Waals surface area contributed by atoms with E-state index in [4.69, 9.17) is 36.9 Å². The Morgan fingerprint density at radius 2 is 2.02 bits per heavy atom. The lowest BCUT2D eigenvalue weighted by Crippen LogP contribution is -2.76. The summed E-state index contributed by atoms with van der Waals surface area (Å²) in [6.07, 6.45) is -0.840. The summed E-state index contributed by atoms with van der Waals surface area (Å²) in [4.78, 5) is 46.7. The molecule has 1 aromatic carbocycles. The second-order valence-corrected chi connectivity index (χ2v) is 12.9. The first kappa shape index (κ1) is 33.8. The Labute approximate surface area is 265 Å². The number of carboxylic acids is 1. The summed E-state index contributed by atoms with van der Waals surface area (Å²) >= 11 is 6.94. The molecule has 0 spiro atoms. The Kier molecular flexibility index (Phi) is 10.1. The molecule has 2 amide bonds. The van der Waals surface area contributed by atoms with Crippen LogP contribution in [-0.2, 0) is 33.9 Å². The lowest BCUT2D eigenvalue weighted by Gasteiger charge is -2.50. The molecule has 0 aliphatic carbocycles. The number of nitrogen functional groups attached to an aromatic ring is 1. The summed E-state index contributed by atoms with van der Waals surface area (Å²) in [6, 6.07) is 5.13. The van der Waals surface area contributed by atoms with Crippen molar-refractivity contribution in [2.45, 2.75) is 44.0 Å². The van der Waals surface area contributed by atoms with Gasteiger partial charge in [0.05, 0.1) is 5.54 Å². The molecule has 3 heterocycles. The van der Waals surface area contributed by atoms with Gasteiger partial charge >= 0.3 is 16.4 Å². The fraction of sp³-hybridized carbons (Fsp3) is 0.417. The van der Waals surface area contributed by atoms with Crippen LogP contribution in [0.25, 0.3) is 0 Å². The predicted molar refractivity (Wildman–Crippen MR) is 159 cm³/mol. The van der Waals surface area contributed by atoms with E-state index in [1.807, 2.05) is 0 Å². The van der Waals surface area contributed by atoms with Gasteiger partial charge in [-0.15, -0.1) is 4.28 Å². The Morgan fingerprint density at radius 1 is 1.33 bits per heavy atom. The average molecular weight is 689 g/mol. The van der Waals surface area contributed by atoms with Gasteiger partial charge in [0.1, 0.15) is 34.3 Å². The number of carboxylic acid groups (broad SMARTS) is 1. The summed E-state index contributed by atoms with van der Waals surface area (Å²) in [6.45, 7) is 3.75. The van der Waals surface area contributed by atoms with Crippen LogP contribution in [0.1, 0.15) is 31.5 Å². The van der Waals surface area contributed by atoms with Gasteiger partial charge in [0.25, 0.3) is 17.9 Å². The number of rotatable bonds is 13. The number of hydrogen-bond acceptors (Lipinski definition) is 14. The number of carbonyl (C=O) groups excluding carboxylic acids is 2. The van der Waals surface area contributed by atoms with Crippen LogP contribution in [0.3, 0.4) is 0 Å². The second-order valence-electron chi connectivity index (χ2n) is 10.3. The van der Waals surface area contributed by atoms with Crippen molar-refractivity contribution in [3.8, 4) is 5.75 Å². The average Bonchev–Trinajstić information content (AvgIpc) is 3.60. The molecule has 4 rings (SSSR count). The Morgan fingerprint density at radius 3 is 2.56 bits per heavy atom. The number of oxime groups is 1. The van der Waals surface area contributed by atoms with Gasteiger partial charge in [0.2, 0.25) is 0 Å². The van der Waals surface area contributed by atoms with Gasteiger partial charge in [0, 0.05) is 18.2 Å². The van der Waals surface area contributed by atoms with Crippen LogP contribution in [0.15, 0.2) is 29.4 Å². The molecule has 244 valence electrons. The maximum Gasteiger partial charge on any atom is 0.418 e. The van der Waals surface area contributed by atoms with Gasteiger partial charge in [-0.05, 0) is 51.1 Å². The minimum atomic E-state index is -5.04. The maximum absolute atomic E-state index is 13.3. The summed E-state index contributed by atoms with van der Waals surface area (Å²) in [5.41, 5.74) is 3.89. The normalized spacial score (nSPS) is 20.2. The van der Waals surface area contributed by atoms with E-state index in [1.165, 1.54) is 13.8 Å². The van der Waals surface area contributed by atoms with Gasteiger partial charge in [-0.1, -0.05) is 28.1 Å². The number of ether oxygens (including phenoxy) is 1. The first-order valence-electron chi connectivity index (χ1n) is 13.1. The number of benzene rings is 1. The van der Waals surface area contributed by atoms with E-state index in [0.717, 1.165) is 30.8 Å². The minimum absolute atomic E-state index is 0.0620. The molecule has 3 atom stereocenters. The lowest BCUT2D eigenvalue weighted by atomic mass is 9.84. The van der Waals surface area contributed by atoms with Crippen LogP contribution >= 0.6 is 22.9 Å². The SMILES string of the molecule is CC1(C)[C@H](NC(=O)/C(=N\O[C@@H](COc2ccc(C(=N)N[C@H]3CCNC3)cc2)C(=O)O)c2nc(N)sc2Cl)C(=O)N1OS(=O)(=O)O. The molecular formula is C24H29ClN8O10S2. The molecule has 8 N–H and O–H groups in total. The number of aliphatic carboxylic acids is 1. The number of β-lactam (4-membered cyclic amide) rings is 1. The van der Waals surface area contributed by atoms with Crippen molar-refractivity contribution < 1.29 is 46.3 Å². The molecule has 0 unspecified atom stereocenters. The number of hydroxylamine groups is 2. The lowest BCUT2D eigenvalue weighted by molar-refractivity contribution is -0.218. The fourth-order valence-corrected chi connectivity index (χ4v) is 5.68. The smallest absolute Gasteiger partial charge is 0.418 e. The number of nitrogens with one attached hydrogen (secondary N) is 4. The van der Waals surface area contributed by atoms with Crippen molar-refractivity contribution in [2.75, 3.05) is 25.4 Å². The van der Waals surface area contributed by atoms with Crippen LogP contribution in [0.2, 0.25) is 4.34 Å². The zero-order chi connectivity index (χ0) is 33.1. The third-order valence-corrected chi connectivity index (χ3v) is 8.08. The number of amidine groups is 1. The maximum atomic E-state index is 13.3. The van der Waals surface area contributed by atoms with Crippen LogP contribution in [0.5, 0.6) is 5.75 Å². The molecule has 21 heteroatoms. The third-order valence-electron chi connectivity index (χ3n) is 6.66. The summed E-state index contributed by atoms with van der Waals surface area (Å²) < 4.78 is 40.8. The van der Waals surface area contributed by atoms with Crippen LogP contribution in [-0.4, -0.2) is 101 Å². The number of aromatic nitrogens is 1. The molecule has 2 fully saturated rings. The molecule has 2 aromatic rings. The third kappa shape index (κ3) is 8.15. The minimum Gasteiger partial charge on any atom is -0.489 e. The number of nitrogens with zero attached hydrogens (tertiary/aromatic N) is 3. The monoisotopic (exact) mass is 688 g/mol. The fourth-order valence-electron chi connectivity index (χ4n) is 4.29. The quantitative estimate of drug-likeness (QED) is 0.0470. The zero-order valence-electron chi connectivity index (χ0n) is 23.6. The number of carbonyl (C=O) groups is 3. The van der Waals surface area contributed by atoms with Gasteiger partial charge in [-0.25, -0.2) is 9.78 Å². The Balaban J connectivity index is 1.45. The molecule has 45 heavy (non-hydrogen) atoms. The van der Waals surface area contributed by atoms with E-state index >= 15 is 0 Å². The summed E-state index contributed by atoms with van der Waals surface area (Å²) in [5, 5.41) is 30.5. The number of hydrogen-bond donors (Lipinski definition) is 7. The molecule has 18 nitrogen and oxygen atoms in total. The number of anilines is 1. The molecule has 0 saturated carbocycles. The predicted octanol–water partition coefficient (Wildman–Crippen LogP) is -0.252. The van der Waals surface area contributed by atoms with Gasteiger partial charge in [-0.3, -0.25) is 19.6 Å². The van der Waals surface area contributed by atoms with E-state index in [2.05, 4.69) is 30.4 Å². The van der Waals surface area contributed by atoms with Crippen LogP contribution < -0.4 is 26.4 Å². The first-order valence-corrected chi connectivity index (χ1v) is 15.6. The van der Waals surface area contributed by atoms with Gasteiger partial charge in [0.15, 0.2) is 10.8 Å². The number of amides is 2. The van der Waals surface area contributed by atoms with Crippen molar-refractivity contribution in [1.29, 1.82) is 5.41 Å². The van der Waals surface area contributed by atoms with Crippen LogP contribution in [0.4, 0.5) is 5.13 Å². The van der Waals surface area contributed by atoms with Crippen molar-refractivity contribution in [1.82, 2.24) is 26.0 Å². The Bertz CT molecular complexity index is 1610. The number of halogens is 1. The standard InChI is InChI=1S/C24H29ClN8O10S2/c1-24(2)17(21(35)33(24)43-45(38,39)40)31-20(34)16(15-18(25)44-23(27)30-15)32-42-14(22(36)37)10-41-13-5-3-11(4-6-13)19(26)29-12-7-8-28-9-12/h3-6,12,14,17,28H,7-10H2,1-2H3,(H2,26,29)(H2,27,30)(H,31,34)(H,36,37)(H,38,39,40)/b32-16-/t12-,14-,17+/m0/s1. The molecule has 2 aliphatic rings. The molecule has 0 bridgehead atoms. The highest BCUT2D eigenvalue weighted by Gasteiger charge is 2.58. The molecule has 2 saturated heterocycles. The van der Waals surface area contributed by atoms with E-state index in [-0.39, 0.29) is 32.8 Å². The summed E-state index contributed by atoms with van der Waals surface area (Å²) in [5.74, 6) is -3.13. The molecule has 1 aromatic heterocycles. The molecular weight excluding hydrogens is 660 g/mol. The van der Waals surface area contributed by atoms with Crippen molar-refractivity contribution in [3.05, 3.63) is 39.9 Å². The van der Waals surface area contributed by atoms with Gasteiger partial charge in [-0.2, -0.15) is 13.5 Å². The van der Waals surface area contributed by atoms with E-state index in [9.17, 15) is 27.9 Å². The highest BCUT2D eigenvalue weighted by atomic mass is 35.5. The first-order chi connectivity index (χ1) is 21.1. The van der Waals surface area contributed by atoms with E-state index in [0.29, 0.717) is 10.6 Å². The highest BCUT2D eigenvalue weighted by Crippen LogP contribution is 2.33. The molecule has 0 radical (unpaired) electrons.